The second-order valence-corrected chi connectivity index (χ2v) is 7.06. The van der Waals surface area contributed by atoms with Crippen molar-refractivity contribution in [2.75, 3.05) is 52.6 Å². The van der Waals surface area contributed by atoms with Crippen LogP contribution in [0, 0.1) is 0 Å². The van der Waals surface area contributed by atoms with Gasteiger partial charge in [0.1, 0.15) is 0 Å². The molecule has 0 aromatic heterocycles. The molecule has 184 valence electrons. The molecule has 0 aliphatic rings. The quantitative estimate of drug-likeness (QED) is 0.120. The largest absolute Gasteiger partial charge is 0.381 e. The predicted octanol–water partition coefficient (Wildman–Crippen LogP) is 2.24. The molecular formula is C22H34N4O7. The summed E-state index contributed by atoms with van der Waals surface area (Å²) in [4.78, 5) is 54.7. The van der Waals surface area contributed by atoms with Crippen molar-refractivity contribution < 1.29 is 33.4 Å². The predicted molar refractivity (Wildman–Crippen MR) is 119 cm³/mol. The zero-order chi connectivity index (χ0) is 24.2. The summed E-state index contributed by atoms with van der Waals surface area (Å²) in [5.41, 5.74) is 0. The summed E-state index contributed by atoms with van der Waals surface area (Å²) < 4.78 is 17.3. The van der Waals surface area contributed by atoms with Gasteiger partial charge < -0.3 is 14.2 Å². The molecule has 0 saturated carbocycles. The van der Waals surface area contributed by atoms with E-state index in [9.17, 15) is 19.2 Å². The molecule has 0 spiro atoms. The van der Waals surface area contributed by atoms with Crippen molar-refractivity contribution in [2.24, 2.45) is 20.0 Å². The minimum Gasteiger partial charge on any atom is -0.381 e. The van der Waals surface area contributed by atoms with Crippen LogP contribution in [-0.4, -0.2) is 89.1 Å². The summed E-state index contributed by atoms with van der Waals surface area (Å²) >= 11 is 0. The fourth-order valence-electron chi connectivity index (χ4n) is 2.94. The van der Waals surface area contributed by atoms with E-state index in [4.69, 9.17) is 14.2 Å². The van der Waals surface area contributed by atoms with Gasteiger partial charge in [0.15, 0.2) is 0 Å². The molecule has 33 heavy (non-hydrogen) atoms. The first-order chi connectivity index (χ1) is 16.3. The molecule has 0 rings (SSSR count). The lowest BCUT2D eigenvalue weighted by Crippen LogP contribution is -2.17. The minimum absolute atomic E-state index is 0.0504. The highest BCUT2D eigenvalue weighted by atomic mass is 16.5. The Morgan fingerprint density at radius 1 is 0.485 bits per heavy atom. The summed E-state index contributed by atoms with van der Waals surface area (Å²) in [7, 11) is 0. The maximum atomic E-state index is 10.3. The number of nitrogens with zero attached hydrogens (tertiary/aromatic N) is 4. The maximum Gasteiger partial charge on any atom is 0.234 e. The molecule has 0 aliphatic carbocycles. The Balaban J connectivity index is 4.08. The molecule has 0 N–H and O–H groups in total. The molecule has 11 nitrogen and oxygen atoms in total. The summed E-state index contributed by atoms with van der Waals surface area (Å²) in [5.74, 6) is 0. The number of isocyanates is 4. The molecule has 0 bridgehead atoms. The molecule has 0 saturated heterocycles. The lowest BCUT2D eigenvalue weighted by Gasteiger charge is -2.18. The first kappa shape index (κ1) is 30.4. The number of hydrogen-bond acceptors (Lipinski definition) is 11. The highest BCUT2D eigenvalue weighted by molar-refractivity contribution is 5.33. The molecule has 0 amide bonds. The molecule has 2 atom stereocenters. The third kappa shape index (κ3) is 22.4. The van der Waals surface area contributed by atoms with Gasteiger partial charge in [0.05, 0.1) is 38.4 Å². The van der Waals surface area contributed by atoms with Crippen molar-refractivity contribution in [3.8, 4) is 0 Å². The molecule has 2 unspecified atom stereocenters. The van der Waals surface area contributed by atoms with Crippen LogP contribution in [0.3, 0.4) is 0 Å². The molecule has 0 aliphatic heterocycles. The molecular weight excluding hydrogens is 432 g/mol. The lowest BCUT2D eigenvalue weighted by molar-refractivity contribution is 0.0256. The Labute approximate surface area is 194 Å². The highest BCUT2D eigenvalue weighted by Crippen LogP contribution is 2.11. The normalized spacial score (nSPS) is 11.9. The van der Waals surface area contributed by atoms with Gasteiger partial charge in [-0.1, -0.05) is 0 Å². The molecule has 0 aromatic carbocycles. The zero-order valence-corrected chi connectivity index (χ0v) is 19.1. The number of aliphatic imine (C=N–C) groups is 4. The third-order valence-corrected chi connectivity index (χ3v) is 4.55. The number of rotatable bonds is 24. The van der Waals surface area contributed by atoms with Crippen molar-refractivity contribution in [1.82, 2.24) is 0 Å². The Bertz CT molecular complexity index is 610. The van der Waals surface area contributed by atoms with Crippen LogP contribution in [0.1, 0.15) is 51.4 Å². The van der Waals surface area contributed by atoms with Crippen molar-refractivity contribution >= 4 is 24.3 Å². The van der Waals surface area contributed by atoms with Crippen LogP contribution in [0.25, 0.3) is 0 Å². The first-order valence-electron chi connectivity index (χ1n) is 11.2. The van der Waals surface area contributed by atoms with E-state index < -0.39 is 0 Å². The van der Waals surface area contributed by atoms with E-state index in [2.05, 4.69) is 20.0 Å². The van der Waals surface area contributed by atoms with Crippen LogP contribution in [0.2, 0.25) is 0 Å². The molecule has 0 radical (unpaired) electrons. The Morgan fingerprint density at radius 3 is 1.27 bits per heavy atom. The first-order valence-corrected chi connectivity index (χ1v) is 11.2. The van der Waals surface area contributed by atoms with Crippen LogP contribution < -0.4 is 0 Å². The van der Waals surface area contributed by atoms with Gasteiger partial charge >= 0.3 is 0 Å². The SMILES string of the molecule is O=C=NCCCOC(CCCOCCCC(CCN=C=O)OCCCN=C=O)CCN=C=O. The number of hydrogen-bond donors (Lipinski definition) is 0. The van der Waals surface area contributed by atoms with E-state index in [1.165, 1.54) is 24.3 Å². The van der Waals surface area contributed by atoms with E-state index >= 15 is 0 Å². The molecule has 0 heterocycles. The van der Waals surface area contributed by atoms with Gasteiger partial charge in [-0.15, -0.1) is 0 Å². The molecule has 0 fully saturated rings. The minimum atomic E-state index is -0.0504. The Kier molecular flexibility index (Phi) is 23.6. The van der Waals surface area contributed by atoms with Crippen molar-refractivity contribution in [2.45, 2.75) is 63.6 Å². The second kappa shape index (κ2) is 25.7. The topological polar surface area (TPSA) is 145 Å². The lowest BCUT2D eigenvalue weighted by atomic mass is 10.1. The van der Waals surface area contributed by atoms with Crippen molar-refractivity contribution in [1.29, 1.82) is 0 Å². The molecule has 11 heteroatoms. The fourth-order valence-corrected chi connectivity index (χ4v) is 2.94. The Hall–Kier alpha value is -2.60. The van der Waals surface area contributed by atoms with Gasteiger partial charge in [-0.2, -0.15) is 0 Å². The second-order valence-electron chi connectivity index (χ2n) is 7.06. The van der Waals surface area contributed by atoms with E-state index in [1.807, 2.05) is 0 Å². The van der Waals surface area contributed by atoms with Crippen molar-refractivity contribution in [3.05, 3.63) is 0 Å². The van der Waals surface area contributed by atoms with E-state index in [0.29, 0.717) is 78.3 Å². The smallest absolute Gasteiger partial charge is 0.234 e. The van der Waals surface area contributed by atoms with Gasteiger partial charge in [-0.25, -0.2) is 39.1 Å². The average molecular weight is 467 g/mol. The summed E-state index contributed by atoms with van der Waals surface area (Å²) in [6.07, 6.45) is 11.6. The van der Waals surface area contributed by atoms with Gasteiger partial charge in [-0.05, 0) is 51.4 Å². The summed E-state index contributed by atoms with van der Waals surface area (Å²) in [6, 6.07) is 0. The fraction of sp³-hybridized carbons (Fsp3) is 0.818. The maximum absolute atomic E-state index is 10.3. The van der Waals surface area contributed by atoms with Gasteiger partial charge in [-0.3, -0.25) is 0 Å². The van der Waals surface area contributed by atoms with E-state index in [1.54, 1.807) is 0 Å². The van der Waals surface area contributed by atoms with E-state index in [-0.39, 0.29) is 12.2 Å². The zero-order valence-electron chi connectivity index (χ0n) is 19.1. The van der Waals surface area contributed by atoms with Crippen molar-refractivity contribution in [3.63, 3.8) is 0 Å². The van der Waals surface area contributed by atoms with Crippen LogP contribution in [0.4, 0.5) is 0 Å². The van der Waals surface area contributed by atoms with Crippen LogP contribution in [0.5, 0.6) is 0 Å². The molecule has 0 aromatic rings. The third-order valence-electron chi connectivity index (χ3n) is 4.55. The number of carbonyl (C=O) groups excluding carboxylic acids is 4. The Morgan fingerprint density at radius 2 is 0.879 bits per heavy atom. The van der Waals surface area contributed by atoms with Gasteiger partial charge in [0, 0.05) is 26.4 Å². The summed E-state index contributed by atoms with van der Waals surface area (Å²) in [6.45, 7) is 3.58. The van der Waals surface area contributed by atoms with Crippen LogP contribution in [-0.2, 0) is 33.4 Å². The standard InChI is InChI=1S/C22H34N4O7/c27-17-23-9-3-15-32-21(7-11-25-19-29)5-1-13-31-14-2-6-22(8-12-26-20-30)33-16-4-10-24-18-28/h21-22H,1-16H2. The number of ether oxygens (including phenoxy) is 3. The van der Waals surface area contributed by atoms with Crippen LogP contribution >= 0.6 is 0 Å². The van der Waals surface area contributed by atoms with E-state index in [0.717, 1.165) is 25.7 Å². The monoisotopic (exact) mass is 466 g/mol. The summed E-state index contributed by atoms with van der Waals surface area (Å²) in [5, 5.41) is 0. The van der Waals surface area contributed by atoms with Crippen LogP contribution in [0.15, 0.2) is 20.0 Å². The highest BCUT2D eigenvalue weighted by Gasteiger charge is 2.10. The van der Waals surface area contributed by atoms with Gasteiger partial charge in [0.2, 0.25) is 24.3 Å². The van der Waals surface area contributed by atoms with Gasteiger partial charge in [0.25, 0.3) is 0 Å². The average Bonchev–Trinajstić information content (AvgIpc) is 2.82.